The molecule has 484 valence electrons. The summed E-state index contributed by atoms with van der Waals surface area (Å²) in [5, 5.41) is 21.6. The van der Waals surface area contributed by atoms with Crippen LogP contribution in [0.25, 0.3) is 32.7 Å². The number of ether oxygens (including phenoxy) is 3. The number of ketones is 6. The highest BCUT2D eigenvalue weighted by molar-refractivity contribution is 6.35. The van der Waals surface area contributed by atoms with Gasteiger partial charge in [-0.05, 0) is 152 Å². The van der Waals surface area contributed by atoms with Gasteiger partial charge in [0.05, 0.1) is 43.0 Å². The monoisotopic (exact) mass is 1330 g/mol. The summed E-state index contributed by atoms with van der Waals surface area (Å²) >= 11 is 11.9. The van der Waals surface area contributed by atoms with Crippen LogP contribution in [-0.4, -0.2) is 100 Å². The number of nitrogens with zero attached hydrogens (tertiary/aromatic N) is 3. The summed E-state index contributed by atoms with van der Waals surface area (Å²) in [7, 11) is 4.47. The van der Waals surface area contributed by atoms with Crippen LogP contribution in [0.2, 0.25) is 10.0 Å². The molecule has 2 aliphatic carbocycles. The van der Waals surface area contributed by atoms with Crippen molar-refractivity contribution in [2.24, 2.45) is 16.6 Å². The second-order valence-electron chi connectivity index (χ2n) is 21.8. The first-order valence-electron chi connectivity index (χ1n) is 29.3. The summed E-state index contributed by atoms with van der Waals surface area (Å²) in [4.78, 5) is 98.0. The lowest BCUT2D eigenvalue weighted by molar-refractivity contribution is -0.135. The Morgan fingerprint density at radius 2 is 0.798 bits per heavy atom. The molecular weight excluding hydrogens is 1270 g/mol. The predicted molar refractivity (Wildman–Crippen MR) is 358 cm³/mol. The fourth-order valence-corrected chi connectivity index (χ4v) is 10.5. The summed E-state index contributed by atoms with van der Waals surface area (Å²) < 4.78 is 41.9. The van der Waals surface area contributed by atoms with Gasteiger partial charge in [0.1, 0.15) is 42.1 Å². The molecular formula is C73H65Cl3F2N4O12. The molecule has 4 N–H and O–H groups in total. The van der Waals surface area contributed by atoms with E-state index in [0.717, 1.165) is 38.4 Å². The Labute approximate surface area is 556 Å². The standard InChI is InChI=1S/C31H26FNO5.C19H17FO3.C12H10ClNO2.C10H6ClNO2.CH5N.ClH/c1-37-19-27(34)22-6-11-25-26(18-22)33-15-12-28(25)38-24-9-4-21(5-10-24)17-30(36)31(13-14-31)29(35)16-20-2-7-23(32)8-3-20;20-15-5-1-13(2-6-15)11-17(22)19(9-10-19)18(23)12-14-3-7-16(21)8-4-14;1-16-7-12(15)8-2-3-9-10(13)4-5-14-11(9)6-8;11-8-3-4-12-9-5-6(10(13)14)1-2-7(8)9;1-2;/h2-12,15,18H,13-14,16-17,19H2,1H3;1-8,21H,9-12H2;2-6H,7H2,1H3;1-5H,(H,13,14);2H2,1H3;1H. The summed E-state index contributed by atoms with van der Waals surface area (Å²) in [6, 6.07) is 45.5. The molecule has 7 aromatic carbocycles. The van der Waals surface area contributed by atoms with Gasteiger partial charge >= 0.3 is 5.97 Å². The Bertz CT molecular complexity index is 4300. The highest BCUT2D eigenvalue weighted by Gasteiger charge is 2.55. The number of pyridine rings is 3. The predicted octanol–water partition coefficient (Wildman–Crippen LogP) is 14.2. The first kappa shape index (κ1) is 71.9. The third kappa shape index (κ3) is 18.6. The molecule has 0 unspecified atom stereocenters. The van der Waals surface area contributed by atoms with Crippen LogP contribution in [0, 0.1) is 22.5 Å². The van der Waals surface area contributed by atoms with E-state index < -0.39 is 16.8 Å². The van der Waals surface area contributed by atoms with Crippen LogP contribution in [0.4, 0.5) is 8.78 Å². The van der Waals surface area contributed by atoms with Crippen molar-refractivity contribution in [3.8, 4) is 17.2 Å². The van der Waals surface area contributed by atoms with Crippen molar-refractivity contribution in [2.75, 3.05) is 34.5 Å². The van der Waals surface area contributed by atoms with Crippen molar-refractivity contribution < 1.29 is 66.8 Å². The lowest BCUT2D eigenvalue weighted by Gasteiger charge is -2.14. The first-order chi connectivity index (χ1) is 44.8. The van der Waals surface area contributed by atoms with E-state index in [-0.39, 0.29) is 109 Å². The molecule has 0 radical (unpaired) electrons. The van der Waals surface area contributed by atoms with Gasteiger partial charge in [0, 0.05) is 85.8 Å². The van der Waals surface area contributed by atoms with Gasteiger partial charge in [0.25, 0.3) is 0 Å². The third-order valence-corrected chi connectivity index (χ3v) is 16.2. The normalized spacial score (nSPS) is 12.7. The molecule has 10 aromatic rings. The SMILES string of the molecule is CN.COCC(=O)c1ccc2c(Cl)ccnc2c1.COCC(=O)c1ccc2c(Oc3ccc(CC(=O)C4(C(=O)Cc5ccc(F)cc5)CC4)cc3)ccnc2c1.Cl.O=C(Cc1ccc(O)cc1)C1(C(=O)Cc2ccc(F)cc2)CC1.O=C(O)c1ccc2c(Cl)ccnc2c1. The van der Waals surface area contributed by atoms with Crippen LogP contribution in [-0.2, 0) is 54.3 Å². The van der Waals surface area contributed by atoms with E-state index in [4.69, 9.17) is 42.5 Å². The van der Waals surface area contributed by atoms with Gasteiger partial charge in [-0.1, -0.05) is 96.0 Å². The molecule has 3 heterocycles. The number of rotatable bonds is 21. The molecule has 0 atom stereocenters. The number of hydrogen-bond donors (Lipinski definition) is 3. The third-order valence-electron chi connectivity index (χ3n) is 15.5. The summed E-state index contributed by atoms with van der Waals surface area (Å²) in [6.07, 6.45) is 7.71. The number of fused-ring (bicyclic) bond motifs is 3. The Kier molecular flexibility index (Phi) is 25.5. The van der Waals surface area contributed by atoms with Crippen LogP contribution in [0.3, 0.4) is 0 Å². The van der Waals surface area contributed by atoms with Crippen molar-refractivity contribution in [3.05, 3.63) is 249 Å². The van der Waals surface area contributed by atoms with Gasteiger partial charge < -0.3 is 30.2 Å². The second kappa shape index (κ2) is 33.4. The van der Waals surface area contributed by atoms with Gasteiger partial charge in [-0.2, -0.15) is 0 Å². The average Bonchev–Trinajstić information content (AvgIpc) is 1.64. The number of Topliss-reactive ketones (excluding diaryl/α,β-unsaturated/α-hetero) is 6. The van der Waals surface area contributed by atoms with Gasteiger partial charge in [-0.15, -0.1) is 12.4 Å². The van der Waals surface area contributed by atoms with Crippen LogP contribution in [0.15, 0.2) is 188 Å². The fraction of sp³-hybridized carbons (Fsp3) is 0.205. The molecule has 0 bridgehead atoms. The highest BCUT2D eigenvalue weighted by atomic mass is 35.5. The number of carboxylic acids is 1. The Balaban J connectivity index is 0.000000190. The largest absolute Gasteiger partial charge is 0.508 e. The van der Waals surface area contributed by atoms with Gasteiger partial charge in [-0.3, -0.25) is 43.7 Å². The van der Waals surface area contributed by atoms with E-state index in [2.05, 4.69) is 20.7 Å². The summed E-state index contributed by atoms with van der Waals surface area (Å²) in [5.41, 5.74) is 8.98. The number of aromatic nitrogens is 3. The molecule has 0 saturated heterocycles. The van der Waals surface area contributed by atoms with Crippen molar-refractivity contribution in [3.63, 3.8) is 0 Å². The van der Waals surface area contributed by atoms with Gasteiger partial charge in [0.15, 0.2) is 34.7 Å². The molecule has 12 rings (SSSR count). The molecule has 2 saturated carbocycles. The van der Waals surface area contributed by atoms with Crippen LogP contribution in [0.1, 0.15) is 79.0 Å². The molecule has 21 heteroatoms. The van der Waals surface area contributed by atoms with E-state index in [1.165, 1.54) is 69.8 Å². The fourth-order valence-electron chi connectivity index (χ4n) is 10.1. The Morgan fingerprint density at radius 3 is 1.17 bits per heavy atom. The van der Waals surface area contributed by atoms with E-state index >= 15 is 0 Å². The minimum atomic E-state index is -0.964. The molecule has 94 heavy (non-hydrogen) atoms. The lowest BCUT2D eigenvalue weighted by atomic mass is 9.88. The molecule has 2 fully saturated rings. The van der Waals surface area contributed by atoms with E-state index in [9.17, 15) is 47.4 Å². The van der Waals surface area contributed by atoms with E-state index in [1.54, 1.807) is 128 Å². The molecule has 2 aliphatic rings. The zero-order valence-electron chi connectivity index (χ0n) is 51.3. The number of aromatic carboxylic acids is 1. The van der Waals surface area contributed by atoms with Crippen LogP contribution >= 0.6 is 35.6 Å². The van der Waals surface area contributed by atoms with Crippen LogP contribution in [0.5, 0.6) is 17.2 Å². The average molecular weight is 1330 g/mol. The molecule has 0 spiro atoms. The highest BCUT2D eigenvalue weighted by Crippen LogP contribution is 2.50. The maximum Gasteiger partial charge on any atom is 0.335 e. The number of nitrogens with two attached hydrogens (primary N) is 1. The topological polar surface area (TPSA) is 252 Å². The van der Waals surface area contributed by atoms with Gasteiger partial charge in [-0.25, -0.2) is 13.6 Å². The van der Waals surface area contributed by atoms with E-state index in [0.29, 0.717) is 75.0 Å². The van der Waals surface area contributed by atoms with Crippen molar-refractivity contribution in [2.45, 2.75) is 51.4 Å². The maximum atomic E-state index is 13.2. The van der Waals surface area contributed by atoms with E-state index in [1.807, 2.05) is 12.1 Å². The first-order valence-corrected chi connectivity index (χ1v) is 30.0. The number of methoxy groups -OCH3 is 2. The summed E-state index contributed by atoms with van der Waals surface area (Å²) in [5.74, 6) is -0.884. The number of carboxylic acid groups (broad SMARTS) is 1. The number of hydrogen-bond acceptors (Lipinski definition) is 15. The smallest absolute Gasteiger partial charge is 0.335 e. The van der Waals surface area contributed by atoms with Crippen molar-refractivity contribution in [1.29, 1.82) is 0 Å². The minimum Gasteiger partial charge on any atom is -0.508 e. The number of carbonyl (C=O) groups is 7. The quantitative estimate of drug-likeness (QED) is 0.0447. The van der Waals surface area contributed by atoms with Crippen LogP contribution < -0.4 is 10.5 Å². The molecule has 3 aromatic heterocycles. The Hall–Kier alpha value is -9.53. The summed E-state index contributed by atoms with van der Waals surface area (Å²) in [6.45, 7) is 0.0755. The minimum absolute atomic E-state index is 0. The second-order valence-corrected chi connectivity index (χ2v) is 22.7. The number of benzene rings is 7. The molecule has 16 nitrogen and oxygen atoms in total. The maximum absolute atomic E-state index is 13.2. The van der Waals surface area contributed by atoms with Gasteiger partial charge in [0.2, 0.25) is 0 Å². The zero-order chi connectivity index (χ0) is 66.8. The number of halogens is 5. The van der Waals surface area contributed by atoms with Crippen molar-refractivity contribution >= 4 is 109 Å². The number of aromatic hydroxyl groups is 1. The number of phenolic OH excluding ortho intramolecular Hbond substituents is 1. The number of carbonyl (C=O) groups excluding carboxylic acids is 6. The zero-order valence-corrected chi connectivity index (χ0v) is 53.6. The molecule has 0 amide bonds. The number of phenols is 1. The lowest BCUT2D eigenvalue weighted by Crippen LogP contribution is -2.28. The Morgan fingerprint density at radius 1 is 0.468 bits per heavy atom. The van der Waals surface area contributed by atoms with Crippen molar-refractivity contribution in [1.82, 2.24) is 15.0 Å². The molecule has 0 aliphatic heterocycles.